The van der Waals surface area contributed by atoms with E-state index in [1.54, 1.807) is 18.2 Å². The Hall–Kier alpha value is -1.75. The number of nitro benzene ring substituents is 1. The molecular formula is C12H14N2O3. The van der Waals surface area contributed by atoms with Gasteiger partial charge in [-0.2, -0.15) is 0 Å². The molecule has 1 saturated heterocycles. The molecule has 5 heteroatoms. The van der Waals surface area contributed by atoms with Gasteiger partial charge in [-0.05, 0) is 6.42 Å². The lowest BCUT2D eigenvalue weighted by Gasteiger charge is -2.21. The van der Waals surface area contributed by atoms with Crippen molar-refractivity contribution in [2.24, 2.45) is 5.92 Å². The number of nitrogens with one attached hydrogen (secondary N) is 1. The molecule has 0 aromatic heterocycles. The molecule has 5 nitrogen and oxygen atoms in total. The minimum Gasteiger partial charge on any atom is -0.316 e. The van der Waals surface area contributed by atoms with Gasteiger partial charge in [-0.25, -0.2) is 0 Å². The number of Topliss-reactive ketones (excluding diaryl/α,β-unsaturated/α-hetero) is 1. The minimum absolute atomic E-state index is 0.103. The first-order chi connectivity index (χ1) is 8.18. The van der Waals surface area contributed by atoms with Crippen molar-refractivity contribution in [1.29, 1.82) is 0 Å². The van der Waals surface area contributed by atoms with Crippen molar-refractivity contribution in [3.63, 3.8) is 0 Å². The number of benzene rings is 1. The van der Waals surface area contributed by atoms with Gasteiger partial charge in [0, 0.05) is 37.1 Å². The first kappa shape index (κ1) is 11.7. The molecule has 2 rings (SSSR count). The van der Waals surface area contributed by atoms with E-state index in [0.717, 1.165) is 0 Å². The monoisotopic (exact) mass is 234 g/mol. The lowest BCUT2D eigenvalue weighted by molar-refractivity contribution is -0.385. The lowest BCUT2D eigenvalue weighted by Crippen LogP contribution is -2.38. The average molecular weight is 234 g/mol. The number of hydrogen-bond acceptors (Lipinski definition) is 4. The van der Waals surface area contributed by atoms with Gasteiger partial charge in [0.1, 0.15) is 5.78 Å². The summed E-state index contributed by atoms with van der Waals surface area (Å²) in [4.78, 5) is 22.1. The summed E-state index contributed by atoms with van der Waals surface area (Å²) in [5, 5.41) is 14.0. The zero-order valence-corrected chi connectivity index (χ0v) is 9.39. The Kier molecular flexibility index (Phi) is 3.49. The van der Waals surface area contributed by atoms with E-state index in [1.165, 1.54) is 6.07 Å². The number of carbonyl (C=O) groups excluding carboxylic acids is 1. The summed E-state index contributed by atoms with van der Waals surface area (Å²) < 4.78 is 0. The fourth-order valence-electron chi connectivity index (χ4n) is 2.12. The van der Waals surface area contributed by atoms with E-state index < -0.39 is 4.92 Å². The first-order valence-electron chi connectivity index (χ1n) is 5.64. The predicted molar refractivity (Wildman–Crippen MR) is 62.8 cm³/mol. The van der Waals surface area contributed by atoms with Crippen LogP contribution in [0.3, 0.4) is 0 Å². The Labute approximate surface area is 99.0 Å². The Morgan fingerprint density at radius 1 is 1.41 bits per heavy atom. The fourth-order valence-corrected chi connectivity index (χ4v) is 2.12. The van der Waals surface area contributed by atoms with Crippen LogP contribution >= 0.6 is 0 Å². The van der Waals surface area contributed by atoms with E-state index in [9.17, 15) is 14.9 Å². The summed E-state index contributed by atoms with van der Waals surface area (Å²) in [5.41, 5.74) is 0.741. The average Bonchev–Trinajstić information content (AvgIpc) is 2.32. The molecule has 1 atom stereocenters. The second-order valence-electron chi connectivity index (χ2n) is 4.21. The van der Waals surface area contributed by atoms with Gasteiger partial charge in [0.05, 0.1) is 4.92 Å². The normalized spacial score (nSPS) is 20.2. The largest absolute Gasteiger partial charge is 0.316 e. The van der Waals surface area contributed by atoms with Gasteiger partial charge in [0.15, 0.2) is 0 Å². The number of ketones is 1. The zero-order chi connectivity index (χ0) is 12.3. The predicted octanol–water partition coefficient (Wildman–Crippen LogP) is 1.32. The van der Waals surface area contributed by atoms with Crippen LogP contribution < -0.4 is 5.32 Å². The lowest BCUT2D eigenvalue weighted by atomic mass is 9.90. The van der Waals surface area contributed by atoms with E-state index in [2.05, 4.69) is 5.32 Å². The van der Waals surface area contributed by atoms with Gasteiger partial charge in [0.25, 0.3) is 5.69 Å². The summed E-state index contributed by atoms with van der Waals surface area (Å²) in [5.74, 6) is 0.0618. The number of carbonyl (C=O) groups is 1. The minimum atomic E-state index is -0.393. The van der Waals surface area contributed by atoms with Gasteiger partial charge in [-0.15, -0.1) is 0 Å². The zero-order valence-electron chi connectivity index (χ0n) is 9.39. The van der Waals surface area contributed by atoms with Crippen molar-refractivity contribution < 1.29 is 9.72 Å². The molecule has 0 amide bonds. The van der Waals surface area contributed by atoms with Crippen LogP contribution in [0.4, 0.5) is 5.69 Å². The number of para-hydroxylation sites is 1. The second-order valence-corrected chi connectivity index (χ2v) is 4.21. The number of nitro groups is 1. The highest BCUT2D eigenvalue weighted by molar-refractivity contribution is 5.82. The van der Waals surface area contributed by atoms with Crippen molar-refractivity contribution in [2.45, 2.75) is 12.8 Å². The Bertz CT molecular complexity index is 445. The molecule has 0 bridgehead atoms. The highest BCUT2D eigenvalue weighted by atomic mass is 16.6. The molecule has 0 saturated carbocycles. The Morgan fingerprint density at radius 2 is 2.18 bits per heavy atom. The van der Waals surface area contributed by atoms with Gasteiger partial charge >= 0.3 is 0 Å². The van der Waals surface area contributed by atoms with Crippen LogP contribution in [0.2, 0.25) is 0 Å². The van der Waals surface area contributed by atoms with Crippen molar-refractivity contribution >= 4 is 11.5 Å². The molecule has 0 aliphatic carbocycles. The molecule has 1 aromatic rings. The van der Waals surface area contributed by atoms with E-state index in [1.807, 2.05) is 0 Å². The van der Waals surface area contributed by atoms with Crippen LogP contribution in [0.1, 0.15) is 12.0 Å². The molecule has 17 heavy (non-hydrogen) atoms. The summed E-state index contributed by atoms with van der Waals surface area (Å²) in [6, 6.07) is 6.61. The molecule has 1 aliphatic rings. The molecule has 1 aliphatic heterocycles. The molecule has 0 spiro atoms. The number of hydrogen-bond donors (Lipinski definition) is 1. The molecule has 1 aromatic carbocycles. The number of nitrogens with zero attached hydrogens (tertiary/aromatic N) is 1. The highest BCUT2D eigenvalue weighted by Gasteiger charge is 2.24. The number of piperidine rings is 1. The fraction of sp³-hybridized carbons (Fsp3) is 0.417. The Balaban J connectivity index is 2.17. The molecule has 1 unspecified atom stereocenters. The van der Waals surface area contributed by atoms with Crippen LogP contribution in [0, 0.1) is 16.0 Å². The van der Waals surface area contributed by atoms with Crippen LogP contribution in [-0.2, 0) is 11.2 Å². The van der Waals surface area contributed by atoms with Gasteiger partial charge in [-0.1, -0.05) is 18.2 Å². The SMILES string of the molecule is O=C1CCNCC1Cc1ccccc1[N+](=O)[O-]. The molecular weight excluding hydrogens is 220 g/mol. The van der Waals surface area contributed by atoms with Crippen molar-refractivity contribution in [3.8, 4) is 0 Å². The summed E-state index contributed by atoms with van der Waals surface area (Å²) in [7, 11) is 0. The van der Waals surface area contributed by atoms with Gasteiger partial charge in [0.2, 0.25) is 0 Å². The standard InChI is InChI=1S/C12H14N2O3/c15-12-5-6-13-8-10(12)7-9-3-1-2-4-11(9)14(16)17/h1-4,10,13H,5-8H2. The Morgan fingerprint density at radius 3 is 2.88 bits per heavy atom. The maximum Gasteiger partial charge on any atom is 0.272 e. The first-order valence-corrected chi connectivity index (χ1v) is 5.64. The van der Waals surface area contributed by atoms with Crippen molar-refractivity contribution in [2.75, 3.05) is 13.1 Å². The smallest absolute Gasteiger partial charge is 0.272 e. The molecule has 1 heterocycles. The van der Waals surface area contributed by atoms with Crippen LogP contribution in [0.5, 0.6) is 0 Å². The molecule has 1 fully saturated rings. The van der Waals surface area contributed by atoms with E-state index in [0.29, 0.717) is 31.5 Å². The van der Waals surface area contributed by atoms with E-state index >= 15 is 0 Å². The summed E-state index contributed by atoms with van der Waals surface area (Å²) in [6.07, 6.45) is 0.967. The topological polar surface area (TPSA) is 72.2 Å². The third kappa shape index (κ3) is 2.68. The quantitative estimate of drug-likeness (QED) is 0.632. The summed E-state index contributed by atoms with van der Waals surface area (Å²) in [6.45, 7) is 1.33. The van der Waals surface area contributed by atoms with Crippen LogP contribution in [0.25, 0.3) is 0 Å². The maximum atomic E-state index is 11.7. The molecule has 0 radical (unpaired) electrons. The van der Waals surface area contributed by atoms with E-state index in [-0.39, 0.29) is 17.4 Å². The maximum absolute atomic E-state index is 11.7. The molecule has 1 N–H and O–H groups in total. The van der Waals surface area contributed by atoms with Crippen LogP contribution in [-0.4, -0.2) is 23.8 Å². The summed E-state index contributed by atoms with van der Waals surface area (Å²) >= 11 is 0. The van der Waals surface area contributed by atoms with Crippen molar-refractivity contribution in [3.05, 3.63) is 39.9 Å². The number of rotatable bonds is 3. The van der Waals surface area contributed by atoms with Gasteiger partial charge in [-0.3, -0.25) is 14.9 Å². The third-order valence-corrected chi connectivity index (χ3v) is 3.05. The van der Waals surface area contributed by atoms with Crippen LogP contribution in [0.15, 0.2) is 24.3 Å². The van der Waals surface area contributed by atoms with Crippen molar-refractivity contribution in [1.82, 2.24) is 5.32 Å². The second kappa shape index (κ2) is 5.05. The third-order valence-electron chi connectivity index (χ3n) is 3.05. The van der Waals surface area contributed by atoms with Gasteiger partial charge < -0.3 is 5.32 Å². The van der Waals surface area contributed by atoms with E-state index in [4.69, 9.17) is 0 Å². The highest BCUT2D eigenvalue weighted by Crippen LogP contribution is 2.22. The molecule has 90 valence electrons.